The predicted octanol–water partition coefficient (Wildman–Crippen LogP) is 3.97. The molecule has 12 heteroatoms. The number of carbonyl (C=O) groups is 1. The Morgan fingerprint density at radius 3 is 2.13 bits per heavy atom. The highest BCUT2D eigenvalue weighted by atomic mass is 32.2. The third-order valence-corrected chi connectivity index (χ3v) is 11.0. The number of carbonyl (C=O) groups excluding carboxylic acids is 1. The first-order valence-corrected chi connectivity index (χ1v) is 15.8. The largest absolute Gasteiger partial charge is 0.460 e. The monoisotopic (exact) mass is 571 g/mol. The van der Waals surface area contributed by atoms with Crippen molar-refractivity contribution in [1.82, 2.24) is 14.2 Å². The third kappa shape index (κ3) is 5.96. The Balaban J connectivity index is 1.27. The number of benzene rings is 1. The van der Waals surface area contributed by atoms with Gasteiger partial charge in [-0.15, -0.1) is 5.01 Å². The first-order valence-electron chi connectivity index (χ1n) is 14.2. The summed E-state index contributed by atoms with van der Waals surface area (Å²) in [4.78, 5) is 28.1. The van der Waals surface area contributed by atoms with Crippen molar-refractivity contribution in [3.05, 3.63) is 40.8 Å². The van der Waals surface area contributed by atoms with E-state index in [9.17, 15) is 31.3 Å². The fraction of sp³-hybridized carbons (Fsp3) is 0.741. The molecule has 4 aliphatic heterocycles. The fourth-order valence-corrected chi connectivity index (χ4v) is 8.72. The maximum Gasteiger partial charge on any atom is 0.460 e. The maximum absolute atomic E-state index is 14.2. The van der Waals surface area contributed by atoms with Crippen LogP contribution < -0.4 is 0 Å². The van der Waals surface area contributed by atoms with Crippen molar-refractivity contribution in [2.75, 3.05) is 32.7 Å². The minimum absolute atomic E-state index is 0.0417. The molecule has 4 unspecified atom stereocenters. The molecule has 0 aromatic heterocycles. The molecule has 0 radical (unpaired) electrons. The second-order valence-corrected chi connectivity index (χ2v) is 13.5. The summed E-state index contributed by atoms with van der Waals surface area (Å²) in [5.41, 5.74) is 0.731. The van der Waals surface area contributed by atoms with E-state index in [1.54, 1.807) is 17.0 Å². The molecule has 8 nitrogen and oxygen atoms in total. The lowest BCUT2D eigenvalue weighted by atomic mass is 9.74. The predicted molar refractivity (Wildman–Crippen MR) is 139 cm³/mol. The van der Waals surface area contributed by atoms with Crippen LogP contribution in [0.4, 0.5) is 13.2 Å². The lowest BCUT2D eigenvalue weighted by Crippen LogP contribution is -2.50. The van der Waals surface area contributed by atoms with Gasteiger partial charge in [-0.25, -0.2) is 12.7 Å². The number of alkyl halides is 3. The molecule has 0 spiro atoms. The van der Waals surface area contributed by atoms with E-state index in [-0.39, 0.29) is 29.0 Å². The number of hydrogen-bond acceptors (Lipinski definition) is 4. The Bertz CT molecular complexity index is 1130. The first-order chi connectivity index (χ1) is 18.6. The van der Waals surface area contributed by atoms with Crippen LogP contribution in [-0.4, -0.2) is 84.4 Å². The number of hydrazine groups is 1. The summed E-state index contributed by atoms with van der Waals surface area (Å²) < 4.78 is 70.0. The van der Waals surface area contributed by atoms with Gasteiger partial charge in [0.25, 0.3) is 0 Å². The molecule has 1 aromatic rings. The molecular weight excluding hydrogens is 533 g/mol. The lowest BCUT2D eigenvalue weighted by Gasteiger charge is -2.40. The second kappa shape index (κ2) is 11.3. The molecule has 4 fully saturated rings. The number of piperidine rings is 2. The summed E-state index contributed by atoms with van der Waals surface area (Å²) in [5, 5.41) is 1.24. The molecule has 4 heterocycles. The van der Waals surface area contributed by atoms with Gasteiger partial charge in [-0.05, 0) is 55.9 Å². The number of nitrogens with zero attached hydrogens (tertiary/aromatic N) is 4. The van der Waals surface area contributed by atoms with Crippen LogP contribution in [0.25, 0.3) is 0 Å². The van der Waals surface area contributed by atoms with Crippen molar-refractivity contribution in [2.24, 2.45) is 17.8 Å². The van der Waals surface area contributed by atoms with Crippen molar-refractivity contribution in [3.63, 3.8) is 0 Å². The Morgan fingerprint density at radius 2 is 1.51 bits per heavy atom. The Morgan fingerprint density at radius 1 is 0.897 bits per heavy atom. The van der Waals surface area contributed by atoms with E-state index < -0.39 is 40.1 Å². The van der Waals surface area contributed by atoms with E-state index >= 15 is 0 Å². The van der Waals surface area contributed by atoms with Crippen LogP contribution in [0.5, 0.6) is 0 Å². The quantitative estimate of drug-likeness (QED) is 0.500. The minimum Gasteiger partial charge on any atom is -0.342 e. The number of nitroso groups, excluding NO2 is 1. The van der Waals surface area contributed by atoms with E-state index in [4.69, 9.17) is 0 Å². The van der Waals surface area contributed by atoms with Crippen LogP contribution >= 0.6 is 0 Å². The normalized spacial score (nSPS) is 29.8. The summed E-state index contributed by atoms with van der Waals surface area (Å²) >= 11 is 0. The molecule has 39 heavy (non-hydrogen) atoms. The highest BCUT2D eigenvalue weighted by molar-refractivity contribution is 7.88. The number of halogens is 3. The Kier molecular flexibility index (Phi) is 8.24. The standard InChI is InChI=1S/C27H38F3N4O4S/c28-27(29,30)25-24(26(35)31-13-6-1-2-7-14-31)23-18-22(12-17-33(23)34(25)36)21-10-15-32(16-11-21)39(37,38)19-20-8-4-3-5-9-20/h3-5,8-9,21-25H,1-2,6-7,10-19H2/q+1. The van der Waals surface area contributed by atoms with Gasteiger partial charge < -0.3 is 4.90 Å². The van der Waals surface area contributed by atoms with Crippen molar-refractivity contribution in [2.45, 2.75) is 75.4 Å². The van der Waals surface area contributed by atoms with Crippen molar-refractivity contribution in [1.29, 1.82) is 0 Å². The highest BCUT2D eigenvalue weighted by Crippen LogP contribution is 2.46. The molecule has 5 rings (SSSR count). The topological polar surface area (TPSA) is 81.0 Å². The van der Waals surface area contributed by atoms with Crippen LogP contribution in [0.2, 0.25) is 0 Å². The molecule has 1 amide bonds. The summed E-state index contributed by atoms with van der Waals surface area (Å²) in [6.45, 7) is 1.80. The molecule has 4 saturated heterocycles. The van der Waals surface area contributed by atoms with Crippen LogP contribution in [0, 0.1) is 22.7 Å². The number of fused-ring (bicyclic) bond motifs is 1. The Labute approximate surface area is 228 Å². The zero-order chi connectivity index (χ0) is 27.8. The van der Waals surface area contributed by atoms with Crippen LogP contribution in [0.15, 0.2) is 30.3 Å². The van der Waals surface area contributed by atoms with Crippen molar-refractivity contribution >= 4 is 15.9 Å². The molecule has 216 valence electrons. The molecule has 4 atom stereocenters. The molecular formula is C27H38F3N4O4S+. The zero-order valence-corrected chi connectivity index (χ0v) is 23.0. The van der Waals surface area contributed by atoms with Crippen molar-refractivity contribution in [3.8, 4) is 0 Å². The first kappa shape index (κ1) is 28.3. The number of amides is 1. The summed E-state index contributed by atoms with van der Waals surface area (Å²) in [6.07, 6.45) is 0.768. The van der Waals surface area contributed by atoms with Gasteiger partial charge >= 0.3 is 12.2 Å². The Hall–Kier alpha value is -2.21. The van der Waals surface area contributed by atoms with Gasteiger partial charge in [-0.3, -0.25) is 4.79 Å². The number of sulfonamides is 1. The average Bonchev–Trinajstić information content (AvgIpc) is 3.04. The second-order valence-electron chi connectivity index (χ2n) is 11.5. The highest BCUT2D eigenvalue weighted by Gasteiger charge is 2.71. The van der Waals surface area contributed by atoms with Gasteiger partial charge in [0.1, 0.15) is 16.8 Å². The average molecular weight is 572 g/mol. The van der Waals surface area contributed by atoms with Gasteiger partial charge in [-0.2, -0.15) is 13.2 Å². The molecule has 0 aliphatic carbocycles. The van der Waals surface area contributed by atoms with Gasteiger partial charge in [0.05, 0.1) is 17.2 Å². The lowest BCUT2D eigenvalue weighted by molar-refractivity contribution is -0.735. The van der Waals surface area contributed by atoms with Gasteiger partial charge in [0.15, 0.2) is 0 Å². The van der Waals surface area contributed by atoms with E-state index in [1.807, 2.05) is 18.2 Å². The number of rotatable bonds is 5. The molecule has 0 N–H and O–H groups in total. The van der Waals surface area contributed by atoms with Crippen molar-refractivity contribution < 1.29 is 31.3 Å². The number of likely N-dealkylation sites (tertiary alicyclic amines) is 1. The van der Waals surface area contributed by atoms with Crippen LogP contribution in [0.3, 0.4) is 0 Å². The smallest absolute Gasteiger partial charge is 0.342 e. The third-order valence-electron chi connectivity index (χ3n) is 9.19. The summed E-state index contributed by atoms with van der Waals surface area (Å²) in [6, 6.07) is 5.89. The van der Waals surface area contributed by atoms with E-state index in [0.29, 0.717) is 51.9 Å². The van der Waals surface area contributed by atoms with E-state index in [2.05, 4.69) is 0 Å². The molecule has 0 bridgehead atoms. The SMILES string of the molecule is O=C(C1C2CC(C3CCN(S(=O)(=O)Cc4ccccc4)CC3)CCN2[N+](=O)C1C(F)(F)F)N1CCCCCC1. The van der Waals surface area contributed by atoms with Gasteiger partial charge in [-0.1, -0.05) is 43.2 Å². The molecule has 0 saturated carbocycles. The molecule has 4 aliphatic rings. The van der Waals surface area contributed by atoms with Crippen LogP contribution in [-0.2, 0) is 20.6 Å². The van der Waals surface area contributed by atoms with E-state index in [0.717, 1.165) is 31.2 Å². The van der Waals surface area contributed by atoms with Gasteiger partial charge in [0.2, 0.25) is 15.9 Å². The number of hydrogen-bond donors (Lipinski definition) is 0. The molecule has 1 aromatic carbocycles. The minimum atomic E-state index is -4.81. The van der Waals surface area contributed by atoms with Crippen LogP contribution in [0.1, 0.15) is 56.9 Å². The fourth-order valence-electron chi connectivity index (χ4n) is 7.16. The summed E-state index contributed by atoms with van der Waals surface area (Å²) in [7, 11) is -3.47. The zero-order valence-electron chi connectivity index (χ0n) is 22.1. The summed E-state index contributed by atoms with van der Waals surface area (Å²) in [5.74, 6) is -1.85. The van der Waals surface area contributed by atoms with E-state index in [1.165, 1.54) is 9.31 Å². The maximum atomic E-state index is 14.2. The van der Waals surface area contributed by atoms with Gasteiger partial charge in [0, 0.05) is 26.2 Å².